The highest BCUT2D eigenvalue weighted by atomic mass is 79.9. The molecule has 1 unspecified atom stereocenters. The zero-order valence-corrected chi connectivity index (χ0v) is 12.6. The number of halogens is 3. The molecule has 0 aliphatic carbocycles. The van der Waals surface area contributed by atoms with Crippen LogP contribution in [0.3, 0.4) is 0 Å². The molecule has 0 aromatic heterocycles. The number of hydrogen-bond acceptors (Lipinski definition) is 2. The summed E-state index contributed by atoms with van der Waals surface area (Å²) in [6.45, 7) is 5.67. The molecule has 0 saturated carbocycles. The van der Waals surface area contributed by atoms with Gasteiger partial charge in [0.25, 0.3) is 0 Å². The number of nitrogens with zero attached hydrogens (tertiary/aromatic N) is 1. The van der Waals surface area contributed by atoms with Crippen molar-refractivity contribution in [2.24, 2.45) is 5.92 Å². The van der Waals surface area contributed by atoms with Crippen LogP contribution in [0.1, 0.15) is 19.8 Å². The summed E-state index contributed by atoms with van der Waals surface area (Å²) >= 11 is 3.00. The lowest BCUT2D eigenvalue weighted by molar-refractivity contribution is 0.515. The smallest absolute Gasteiger partial charge is 0.147 e. The zero-order valence-electron chi connectivity index (χ0n) is 11.1. The Bertz CT molecular complexity index is 440. The third-order valence-corrected chi connectivity index (χ3v) is 4.08. The zero-order chi connectivity index (χ0) is 13.8. The van der Waals surface area contributed by atoms with Gasteiger partial charge in [-0.3, -0.25) is 0 Å². The summed E-state index contributed by atoms with van der Waals surface area (Å²) in [6, 6.07) is 2.48. The van der Waals surface area contributed by atoms with E-state index >= 15 is 0 Å². The molecule has 5 heteroatoms. The second-order valence-corrected chi connectivity index (χ2v) is 5.88. The number of anilines is 1. The van der Waals surface area contributed by atoms with Gasteiger partial charge in [0.2, 0.25) is 0 Å². The Kier molecular flexibility index (Phi) is 5.16. The standard InChI is InChI=1S/C14H19BrF2N2/c1-2-4-18-8-10-3-5-19(9-10)14-7-12(16)11(15)6-13(14)17/h6-7,10,18H,2-5,8-9H2,1H3. The van der Waals surface area contributed by atoms with Crippen molar-refractivity contribution < 1.29 is 8.78 Å². The van der Waals surface area contributed by atoms with Crippen LogP contribution in [0.5, 0.6) is 0 Å². The van der Waals surface area contributed by atoms with E-state index in [1.54, 1.807) is 0 Å². The highest BCUT2D eigenvalue weighted by Gasteiger charge is 2.25. The normalized spacial score (nSPS) is 19.2. The first-order chi connectivity index (χ1) is 9.11. The molecule has 106 valence electrons. The van der Waals surface area contributed by atoms with Gasteiger partial charge in [0.05, 0.1) is 10.2 Å². The average Bonchev–Trinajstić information content (AvgIpc) is 2.83. The predicted octanol–water partition coefficient (Wildman–Crippen LogP) is 3.55. The Balaban J connectivity index is 1.99. The molecule has 0 radical (unpaired) electrons. The van der Waals surface area contributed by atoms with E-state index in [-0.39, 0.29) is 10.3 Å². The molecule has 1 fully saturated rings. The summed E-state index contributed by atoms with van der Waals surface area (Å²) in [7, 11) is 0. The SMILES string of the molecule is CCCNCC1CCN(c2cc(F)c(Br)cc2F)C1. The number of nitrogens with one attached hydrogen (secondary N) is 1. The molecule has 0 amide bonds. The number of benzene rings is 1. The monoisotopic (exact) mass is 332 g/mol. The van der Waals surface area contributed by atoms with Crippen molar-refractivity contribution in [1.29, 1.82) is 0 Å². The van der Waals surface area contributed by atoms with Crippen LogP contribution in [0, 0.1) is 17.6 Å². The molecule has 2 rings (SSSR count). The van der Waals surface area contributed by atoms with E-state index in [9.17, 15) is 8.78 Å². The first kappa shape index (κ1) is 14.7. The van der Waals surface area contributed by atoms with Crippen LogP contribution < -0.4 is 10.2 Å². The summed E-state index contributed by atoms with van der Waals surface area (Å²) in [5.41, 5.74) is 0.374. The summed E-state index contributed by atoms with van der Waals surface area (Å²) in [5.74, 6) is -0.267. The van der Waals surface area contributed by atoms with Gasteiger partial charge in [0.15, 0.2) is 0 Å². The van der Waals surface area contributed by atoms with Gasteiger partial charge < -0.3 is 10.2 Å². The van der Waals surface area contributed by atoms with Crippen molar-refractivity contribution in [2.45, 2.75) is 19.8 Å². The van der Waals surface area contributed by atoms with E-state index in [0.717, 1.165) is 39.0 Å². The number of rotatable bonds is 5. The van der Waals surface area contributed by atoms with E-state index in [0.29, 0.717) is 11.6 Å². The Morgan fingerprint density at radius 1 is 1.37 bits per heavy atom. The molecule has 1 saturated heterocycles. The first-order valence-corrected chi connectivity index (χ1v) is 7.51. The fourth-order valence-corrected chi connectivity index (χ4v) is 2.77. The van der Waals surface area contributed by atoms with Crippen LogP contribution in [0.4, 0.5) is 14.5 Å². The molecule has 1 aromatic carbocycles. The maximum Gasteiger partial charge on any atom is 0.147 e. The molecule has 2 nitrogen and oxygen atoms in total. The van der Waals surface area contributed by atoms with Crippen molar-refractivity contribution >= 4 is 21.6 Å². The Morgan fingerprint density at radius 2 is 2.16 bits per heavy atom. The Labute approximate surface area is 121 Å². The van der Waals surface area contributed by atoms with Crippen molar-refractivity contribution in [1.82, 2.24) is 5.32 Å². The maximum atomic E-state index is 13.9. The predicted molar refractivity (Wildman–Crippen MR) is 77.5 cm³/mol. The van der Waals surface area contributed by atoms with Crippen LogP contribution in [0.2, 0.25) is 0 Å². The molecule has 1 aromatic rings. The summed E-state index contributed by atoms with van der Waals surface area (Å²) in [6.07, 6.45) is 2.14. The topological polar surface area (TPSA) is 15.3 Å². The summed E-state index contributed by atoms with van der Waals surface area (Å²) in [4.78, 5) is 1.93. The summed E-state index contributed by atoms with van der Waals surface area (Å²) < 4.78 is 27.5. The molecular formula is C14H19BrF2N2. The Morgan fingerprint density at radius 3 is 2.89 bits per heavy atom. The average molecular weight is 333 g/mol. The highest BCUT2D eigenvalue weighted by molar-refractivity contribution is 9.10. The molecule has 19 heavy (non-hydrogen) atoms. The third-order valence-electron chi connectivity index (χ3n) is 3.48. The second-order valence-electron chi connectivity index (χ2n) is 5.02. The lowest BCUT2D eigenvalue weighted by Gasteiger charge is -2.20. The van der Waals surface area contributed by atoms with Crippen LogP contribution >= 0.6 is 15.9 Å². The molecule has 1 heterocycles. The van der Waals surface area contributed by atoms with E-state index in [4.69, 9.17) is 0 Å². The van der Waals surface area contributed by atoms with Crippen LogP contribution in [0.25, 0.3) is 0 Å². The minimum absolute atomic E-state index is 0.175. The molecule has 1 N–H and O–H groups in total. The summed E-state index contributed by atoms with van der Waals surface area (Å²) in [5, 5.41) is 3.38. The van der Waals surface area contributed by atoms with Gasteiger partial charge in [-0.1, -0.05) is 6.92 Å². The van der Waals surface area contributed by atoms with E-state index < -0.39 is 5.82 Å². The number of hydrogen-bond donors (Lipinski definition) is 1. The Hall–Kier alpha value is -0.680. The second kappa shape index (κ2) is 6.66. The van der Waals surface area contributed by atoms with Crippen molar-refractivity contribution in [2.75, 3.05) is 31.1 Å². The molecule has 1 atom stereocenters. The van der Waals surface area contributed by atoms with Crippen LogP contribution in [-0.4, -0.2) is 26.2 Å². The maximum absolute atomic E-state index is 13.9. The lowest BCUT2D eigenvalue weighted by atomic mass is 10.1. The van der Waals surface area contributed by atoms with Crippen LogP contribution in [0.15, 0.2) is 16.6 Å². The fourth-order valence-electron chi connectivity index (χ4n) is 2.46. The molecule has 1 aliphatic heterocycles. The van der Waals surface area contributed by atoms with Gasteiger partial charge >= 0.3 is 0 Å². The third kappa shape index (κ3) is 3.66. The van der Waals surface area contributed by atoms with Gasteiger partial charge in [0.1, 0.15) is 11.6 Å². The van der Waals surface area contributed by atoms with Gasteiger partial charge in [-0.2, -0.15) is 0 Å². The fraction of sp³-hybridized carbons (Fsp3) is 0.571. The van der Waals surface area contributed by atoms with Gasteiger partial charge in [-0.25, -0.2) is 8.78 Å². The largest absolute Gasteiger partial charge is 0.369 e. The molecular weight excluding hydrogens is 314 g/mol. The lowest BCUT2D eigenvalue weighted by Crippen LogP contribution is -2.27. The van der Waals surface area contributed by atoms with Crippen molar-refractivity contribution in [3.63, 3.8) is 0 Å². The van der Waals surface area contributed by atoms with Crippen LogP contribution in [-0.2, 0) is 0 Å². The van der Waals surface area contributed by atoms with Gasteiger partial charge in [0, 0.05) is 19.2 Å². The van der Waals surface area contributed by atoms with Crippen molar-refractivity contribution in [3.8, 4) is 0 Å². The molecule has 0 bridgehead atoms. The van der Waals surface area contributed by atoms with E-state index in [2.05, 4.69) is 28.2 Å². The minimum atomic E-state index is -0.413. The quantitative estimate of drug-likeness (QED) is 0.655. The highest BCUT2D eigenvalue weighted by Crippen LogP contribution is 2.30. The van der Waals surface area contributed by atoms with Crippen molar-refractivity contribution in [3.05, 3.63) is 28.2 Å². The molecule has 1 aliphatic rings. The van der Waals surface area contributed by atoms with E-state index in [1.165, 1.54) is 12.1 Å². The molecule has 0 spiro atoms. The first-order valence-electron chi connectivity index (χ1n) is 6.72. The van der Waals surface area contributed by atoms with E-state index in [1.807, 2.05) is 4.90 Å². The minimum Gasteiger partial charge on any atom is -0.369 e. The van der Waals surface area contributed by atoms with Gasteiger partial charge in [-0.05, 0) is 53.8 Å². The van der Waals surface area contributed by atoms with Gasteiger partial charge in [-0.15, -0.1) is 0 Å².